The highest BCUT2D eigenvalue weighted by Gasteiger charge is 2.20. The van der Waals surface area contributed by atoms with Crippen LogP contribution >= 0.6 is 0 Å². The number of carbonyl (C=O) groups is 3. The molecule has 160 valence electrons. The minimum absolute atomic E-state index is 0.0212. The summed E-state index contributed by atoms with van der Waals surface area (Å²) in [5, 5.41) is 7.62. The van der Waals surface area contributed by atoms with Gasteiger partial charge in [-0.1, -0.05) is 72.8 Å². The van der Waals surface area contributed by atoms with Crippen molar-refractivity contribution in [3.63, 3.8) is 0 Å². The van der Waals surface area contributed by atoms with E-state index < -0.39 is 11.9 Å². The molecule has 0 spiro atoms. The van der Waals surface area contributed by atoms with Crippen LogP contribution in [0.25, 0.3) is 10.8 Å². The first-order chi connectivity index (χ1) is 14.9. The number of amides is 3. The lowest BCUT2D eigenvalue weighted by Gasteiger charge is -2.17. The standard InChI is InChI=1S/C25H27N3O3/c1-17(18-8-3-2-4-9-18)27-23(29)14-15-24(30)28-22(25(26)31)16-20-12-7-11-19-10-5-6-13-21(19)20/h2-13,17,22H,14-16H2,1H3,(H2,26,31)(H,27,29)(H,28,30)/t17-,22+/m1/s1. The maximum atomic E-state index is 12.4. The van der Waals surface area contributed by atoms with Gasteiger partial charge in [-0.15, -0.1) is 0 Å². The topological polar surface area (TPSA) is 101 Å². The Morgan fingerprint density at radius 1 is 0.806 bits per heavy atom. The molecular weight excluding hydrogens is 390 g/mol. The molecule has 0 radical (unpaired) electrons. The molecule has 0 aliphatic rings. The van der Waals surface area contributed by atoms with E-state index in [-0.39, 0.29) is 30.7 Å². The largest absolute Gasteiger partial charge is 0.368 e. The number of primary amides is 1. The van der Waals surface area contributed by atoms with Gasteiger partial charge in [-0.05, 0) is 28.8 Å². The zero-order valence-corrected chi connectivity index (χ0v) is 17.5. The summed E-state index contributed by atoms with van der Waals surface area (Å²) in [4.78, 5) is 36.5. The molecule has 0 aliphatic carbocycles. The number of hydrogen-bond donors (Lipinski definition) is 3. The zero-order chi connectivity index (χ0) is 22.2. The van der Waals surface area contributed by atoms with Crippen LogP contribution in [0.1, 0.15) is 36.9 Å². The van der Waals surface area contributed by atoms with Crippen LogP contribution < -0.4 is 16.4 Å². The van der Waals surface area contributed by atoms with Gasteiger partial charge in [0.2, 0.25) is 17.7 Å². The molecule has 3 aromatic carbocycles. The second-order valence-corrected chi connectivity index (χ2v) is 7.56. The number of carbonyl (C=O) groups excluding carboxylic acids is 3. The van der Waals surface area contributed by atoms with Crippen LogP contribution in [0, 0.1) is 0 Å². The van der Waals surface area contributed by atoms with Crippen molar-refractivity contribution < 1.29 is 14.4 Å². The van der Waals surface area contributed by atoms with E-state index in [1.54, 1.807) is 0 Å². The molecule has 2 atom stereocenters. The van der Waals surface area contributed by atoms with E-state index in [0.29, 0.717) is 6.42 Å². The van der Waals surface area contributed by atoms with Gasteiger partial charge in [0, 0.05) is 19.3 Å². The van der Waals surface area contributed by atoms with Crippen LogP contribution in [0.4, 0.5) is 0 Å². The Bertz CT molecular complexity index is 1060. The van der Waals surface area contributed by atoms with Crippen molar-refractivity contribution in [3.8, 4) is 0 Å². The third kappa shape index (κ3) is 6.15. The van der Waals surface area contributed by atoms with Gasteiger partial charge < -0.3 is 16.4 Å². The average Bonchev–Trinajstić information content (AvgIpc) is 2.78. The van der Waals surface area contributed by atoms with E-state index in [2.05, 4.69) is 10.6 Å². The number of nitrogens with one attached hydrogen (secondary N) is 2. The molecule has 6 nitrogen and oxygen atoms in total. The van der Waals surface area contributed by atoms with Gasteiger partial charge in [-0.2, -0.15) is 0 Å². The van der Waals surface area contributed by atoms with Crippen LogP contribution in [0.5, 0.6) is 0 Å². The molecule has 0 heterocycles. The summed E-state index contributed by atoms with van der Waals surface area (Å²) in [7, 11) is 0. The molecule has 3 rings (SSSR count). The van der Waals surface area contributed by atoms with E-state index in [1.165, 1.54) is 0 Å². The third-order valence-electron chi connectivity index (χ3n) is 5.24. The monoisotopic (exact) mass is 417 g/mol. The van der Waals surface area contributed by atoms with Crippen LogP contribution in [-0.4, -0.2) is 23.8 Å². The fourth-order valence-electron chi connectivity index (χ4n) is 3.55. The summed E-state index contributed by atoms with van der Waals surface area (Å²) in [6.45, 7) is 1.89. The Labute approximate surface area is 181 Å². The van der Waals surface area contributed by atoms with Gasteiger partial charge in [0.15, 0.2) is 0 Å². The normalized spacial score (nSPS) is 12.7. The molecule has 0 bridgehead atoms. The van der Waals surface area contributed by atoms with Gasteiger partial charge in [0.25, 0.3) is 0 Å². The van der Waals surface area contributed by atoms with Crippen molar-refractivity contribution in [2.75, 3.05) is 0 Å². The number of fused-ring (bicyclic) bond motifs is 1. The summed E-state index contributed by atoms with van der Waals surface area (Å²) in [6, 6.07) is 22.3. The van der Waals surface area contributed by atoms with E-state index in [0.717, 1.165) is 21.9 Å². The van der Waals surface area contributed by atoms with E-state index in [9.17, 15) is 14.4 Å². The molecule has 31 heavy (non-hydrogen) atoms. The predicted octanol–water partition coefficient (Wildman–Crippen LogP) is 3.01. The van der Waals surface area contributed by atoms with E-state index >= 15 is 0 Å². The molecule has 0 saturated heterocycles. The third-order valence-corrected chi connectivity index (χ3v) is 5.24. The minimum atomic E-state index is -0.843. The first-order valence-corrected chi connectivity index (χ1v) is 10.3. The first kappa shape index (κ1) is 22.0. The van der Waals surface area contributed by atoms with Crippen LogP contribution in [0.2, 0.25) is 0 Å². The quantitative estimate of drug-likeness (QED) is 0.499. The fraction of sp³-hybridized carbons (Fsp3) is 0.240. The lowest BCUT2D eigenvalue weighted by atomic mass is 9.98. The van der Waals surface area contributed by atoms with Gasteiger partial charge >= 0.3 is 0 Å². The summed E-state index contributed by atoms with van der Waals surface area (Å²) in [5.41, 5.74) is 7.45. The fourth-order valence-corrected chi connectivity index (χ4v) is 3.55. The van der Waals surface area contributed by atoms with Crippen molar-refractivity contribution in [2.24, 2.45) is 5.73 Å². The maximum Gasteiger partial charge on any atom is 0.240 e. The second-order valence-electron chi connectivity index (χ2n) is 7.56. The molecular formula is C25H27N3O3. The van der Waals surface area contributed by atoms with Crippen LogP contribution in [0.3, 0.4) is 0 Å². The Balaban J connectivity index is 1.54. The molecule has 0 unspecified atom stereocenters. The lowest BCUT2D eigenvalue weighted by Crippen LogP contribution is -2.46. The Kier molecular flexibility index (Phi) is 7.38. The van der Waals surface area contributed by atoms with Crippen molar-refractivity contribution in [3.05, 3.63) is 83.9 Å². The smallest absolute Gasteiger partial charge is 0.240 e. The SMILES string of the molecule is C[C@@H](NC(=O)CCC(=O)N[C@@H](Cc1cccc2ccccc12)C(N)=O)c1ccccc1. The second kappa shape index (κ2) is 10.4. The first-order valence-electron chi connectivity index (χ1n) is 10.3. The Morgan fingerprint density at radius 3 is 2.13 bits per heavy atom. The summed E-state index contributed by atoms with van der Waals surface area (Å²) in [5.74, 6) is -1.22. The maximum absolute atomic E-state index is 12.4. The number of nitrogens with two attached hydrogens (primary N) is 1. The van der Waals surface area contributed by atoms with Crippen molar-refractivity contribution in [1.29, 1.82) is 0 Å². The highest BCUT2D eigenvalue weighted by molar-refractivity contribution is 5.90. The predicted molar refractivity (Wildman–Crippen MR) is 121 cm³/mol. The van der Waals surface area contributed by atoms with Crippen molar-refractivity contribution in [1.82, 2.24) is 10.6 Å². The highest BCUT2D eigenvalue weighted by Crippen LogP contribution is 2.20. The van der Waals surface area contributed by atoms with Gasteiger partial charge in [-0.25, -0.2) is 0 Å². The number of benzene rings is 3. The van der Waals surface area contributed by atoms with Gasteiger partial charge in [0.05, 0.1) is 6.04 Å². The molecule has 0 fully saturated rings. The number of hydrogen-bond acceptors (Lipinski definition) is 3. The number of rotatable bonds is 9. The van der Waals surface area contributed by atoms with Crippen molar-refractivity contribution in [2.45, 2.75) is 38.3 Å². The lowest BCUT2D eigenvalue weighted by molar-refractivity contribution is -0.129. The zero-order valence-electron chi connectivity index (χ0n) is 17.5. The Hall–Kier alpha value is -3.67. The molecule has 4 N–H and O–H groups in total. The summed E-state index contributed by atoms with van der Waals surface area (Å²) in [6.07, 6.45) is 0.301. The van der Waals surface area contributed by atoms with E-state index in [1.807, 2.05) is 79.7 Å². The Morgan fingerprint density at radius 2 is 1.42 bits per heavy atom. The molecule has 0 saturated carbocycles. The van der Waals surface area contributed by atoms with Gasteiger partial charge in [0.1, 0.15) is 6.04 Å². The molecule has 6 heteroatoms. The van der Waals surface area contributed by atoms with Crippen LogP contribution in [0.15, 0.2) is 72.8 Å². The molecule has 0 aromatic heterocycles. The van der Waals surface area contributed by atoms with E-state index in [4.69, 9.17) is 5.73 Å². The van der Waals surface area contributed by atoms with Crippen LogP contribution in [-0.2, 0) is 20.8 Å². The van der Waals surface area contributed by atoms with Gasteiger partial charge in [-0.3, -0.25) is 14.4 Å². The highest BCUT2D eigenvalue weighted by atomic mass is 16.2. The van der Waals surface area contributed by atoms with Crippen molar-refractivity contribution >= 4 is 28.5 Å². The average molecular weight is 418 g/mol. The summed E-state index contributed by atoms with van der Waals surface area (Å²) >= 11 is 0. The summed E-state index contributed by atoms with van der Waals surface area (Å²) < 4.78 is 0. The molecule has 3 aromatic rings. The minimum Gasteiger partial charge on any atom is -0.368 e. The molecule has 3 amide bonds. The molecule has 0 aliphatic heterocycles.